The average Bonchev–Trinajstić information content (AvgIpc) is 2.63. The van der Waals surface area contributed by atoms with Crippen molar-refractivity contribution in [1.29, 1.82) is 0 Å². The lowest BCUT2D eigenvalue weighted by molar-refractivity contribution is -0.142. The van der Waals surface area contributed by atoms with Gasteiger partial charge >= 0.3 is 5.97 Å². The Morgan fingerprint density at radius 2 is 1.59 bits per heavy atom. The second kappa shape index (κ2) is 10.2. The van der Waals surface area contributed by atoms with E-state index in [9.17, 15) is 14.4 Å². The Kier molecular flexibility index (Phi) is 8.37. The highest BCUT2D eigenvalue weighted by molar-refractivity contribution is 5.98. The molecule has 0 aliphatic rings. The standard InChI is InChI=1S/C18H26N2O7/c1-10(2)6-12(18(23)24)20-15(21)9-19-17(22)11-7-13(25-3)16(27-5)14(8-11)26-4/h7-8,10,12H,6,9H2,1-5H3,(H,19,22)(H,20,21)(H,23,24)/t12-/m0/s1. The Labute approximate surface area is 158 Å². The Morgan fingerprint density at radius 3 is 2.00 bits per heavy atom. The highest BCUT2D eigenvalue weighted by Gasteiger charge is 2.22. The van der Waals surface area contributed by atoms with Crippen LogP contribution < -0.4 is 24.8 Å². The quantitative estimate of drug-likeness (QED) is 0.553. The van der Waals surface area contributed by atoms with Gasteiger partial charge in [-0.05, 0) is 24.5 Å². The molecule has 3 N–H and O–H groups in total. The van der Waals surface area contributed by atoms with Crippen LogP contribution in [0.4, 0.5) is 0 Å². The second-order valence-corrected chi connectivity index (χ2v) is 6.18. The van der Waals surface area contributed by atoms with E-state index in [1.807, 2.05) is 13.8 Å². The number of hydrogen-bond donors (Lipinski definition) is 3. The van der Waals surface area contributed by atoms with Crippen LogP contribution in [0.2, 0.25) is 0 Å². The van der Waals surface area contributed by atoms with E-state index in [1.54, 1.807) is 0 Å². The molecule has 0 radical (unpaired) electrons. The first-order chi connectivity index (χ1) is 12.7. The topological polar surface area (TPSA) is 123 Å². The molecular formula is C18H26N2O7. The maximum absolute atomic E-state index is 12.3. The fourth-order valence-corrected chi connectivity index (χ4v) is 2.41. The van der Waals surface area contributed by atoms with E-state index < -0.39 is 23.8 Å². The first-order valence-corrected chi connectivity index (χ1v) is 8.33. The van der Waals surface area contributed by atoms with E-state index in [2.05, 4.69) is 10.6 Å². The Balaban J connectivity index is 2.79. The summed E-state index contributed by atoms with van der Waals surface area (Å²) in [5, 5.41) is 14.0. The van der Waals surface area contributed by atoms with Gasteiger partial charge in [0.2, 0.25) is 11.7 Å². The molecule has 1 aromatic rings. The molecule has 1 atom stereocenters. The zero-order valence-electron chi connectivity index (χ0n) is 16.1. The van der Waals surface area contributed by atoms with Crippen LogP contribution in [0.15, 0.2) is 12.1 Å². The van der Waals surface area contributed by atoms with Gasteiger partial charge in [-0.2, -0.15) is 0 Å². The molecule has 0 saturated heterocycles. The molecule has 9 heteroatoms. The number of carbonyl (C=O) groups excluding carboxylic acids is 2. The molecule has 0 aliphatic heterocycles. The number of hydrogen-bond acceptors (Lipinski definition) is 6. The number of carboxylic acids is 1. The summed E-state index contributed by atoms with van der Waals surface area (Å²) in [7, 11) is 4.29. The number of ether oxygens (including phenoxy) is 3. The molecule has 150 valence electrons. The van der Waals surface area contributed by atoms with E-state index in [-0.39, 0.29) is 18.0 Å². The molecule has 0 aliphatic carbocycles. The number of benzene rings is 1. The lowest BCUT2D eigenvalue weighted by Crippen LogP contribution is -2.46. The van der Waals surface area contributed by atoms with Gasteiger partial charge in [-0.3, -0.25) is 9.59 Å². The molecule has 0 unspecified atom stereocenters. The molecule has 0 saturated carbocycles. The molecule has 1 rings (SSSR count). The van der Waals surface area contributed by atoms with Gasteiger partial charge in [0.25, 0.3) is 5.91 Å². The fraction of sp³-hybridized carbons (Fsp3) is 0.500. The molecule has 9 nitrogen and oxygen atoms in total. The largest absolute Gasteiger partial charge is 0.493 e. The number of carboxylic acid groups (broad SMARTS) is 1. The SMILES string of the molecule is COc1cc(C(=O)NCC(=O)N[C@@H](CC(C)C)C(=O)O)cc(OC)c1OC. The lowest BCUT2D eigenvalue weighted by Gasteiger charge is -2.17. The van der Waals surface area contributed by atoms with Crippen molar-refractivity contribution < 1.29 is 33.7 Å². The van der Waals surface area contributed by atoms with Crippen molar-refractivity contribution in [3.63, 3.8) is 0 Å². The van der Waals surface area contributed by atoms with Crippen molar-refractivity contribution in [2.75, 3.05) is 27.9 Å². The maximum Gasteiger partial charge on any atom is 0.326 e. The van der Waals surface area contributed by atoms with Crippen LogP contribution in [0.1, 0.15) is 30.6 Å². The molecule has 27 heavy (non-hydrogen) atoms. The molecule has 0 spiro atoms. The number of carbonyl (C=O) groups is 3. The van der Waals surface area contributed by atoms with Crippen molar-refractivity contribution in [2.45, 2.75) is 26.3 Å². The van der Waals surface area contributed by atoms with Crippen LogP contribution in [0, 0.1) is 5.92 Å². The summed E-state index contributed by atoms with van der Waals surface area (Å²) in [6, 6.07) is 1.90. The molecule has 0 fully saturated rings. The maximum atomic E-state index is 12.3. The predicted molar refractivity (Wildman–Crippen MR) is 97.5 cm³/mol. The number of rotatable bonds is 10. The zero-order chi connectivity index (χ0) is 20.6. The van der Waals surface area contributed by atoms with Gasteiger partial charge in [0.15, 0.2) is 11.5 Å². The first-order valence-electron chi connectivity index (χ1n) is 8.33. The zero-order valence-corrected chi connectivity index (χ0v) is 16.1. The minimum atomic E-state index is -1.12. The van der Waals surface area contributed by atoms with Crippen LogP contribution >= 0.6 is 0 Å². The summed E-state index contributed by atoms with van der Waals surface area (Å²) in [5.74, 6) is -1.21. The van der Waals surface area contributed by atoms with E-state index in [0.717, 1.165) is 0 Å². The third kappa shape index (κ3) is 6.36. The normalized spacial score (nSPS) is 11.5. The van der Waals surface area contributed by atoms with Gasteiger partial charge in [0.05, 0.1) is 27.9 Å². The molecule has 1 aromatic carbocycles. The predicted octanol–water partition coefficient (Wildman–Crippen LogP) is 1.06. The Bertz CT molecular complexity index is 663. The number of amides is 2. The van der Waals surface area contributed by atoms with Crippen molar-refractivity contribution in [3.05, 3.63) is 17.7 Å². The van der Waals surface area contributed by atoms with Gasteiger partial charge < -0.3 is 30.0 Å². The Morgan fingerprint density at radius 1 is 1.04 bits per heavy atom. The van der Waals surface area contributed by atoms with Crippen LogP contribution in [-0.4, -0.2) is 56.8 Å². The van der Waals surface area contributed by atoms with Crippen LogP contribution in [0.3, 0.4) is 0 Å². The summed E-state index contributed by atoms with van der Waals surface area (Å²) in [5.41, 5.74) is 0.203. The van der Waals surface area contributed by atoms with Crippen LogP contribution in [0.5, 0.6) is 17.2 Å². The fourth-order valence-electron chi connectivity index (χ4n) is 2.41. The highest BCUT2D eigenvalue weighted by atomic mass is 16.5. The second-order valence-electron chi connectivity index (χ2n) is 6.18. The van der Waals surface area contributed by atoms with E-state index in [0.29, 0.717) is 23.7 Å². The van der Waals surface area contributed by atoms with Gasteiger partial charge in [0.1, 0.15) is 6.04 Å². The third-order valence-electron chi connectivity index (χ3n) is 3.68. The van der Waals surface area contributed by atoms with Gasteiger partial charge in [0, 0.05) is 5.56 Å². The molecule has 0 heterocycles. The smallest absolute Gasteiger partial charge is 0.326 e. The number of methoxy groups -OCH3 is 3. The minimum absolute atomic E-state index is 0.0974. The van der Waals surface area contributed by atoms with E-state index >= 15 is 0 Å². The molecular weight excluding hydrogens is 356 g/mol. The average molecular weight is 382 g/mol. The summed E-state index contributed by atoms with van der Waals surface area (Å²) < 4.78 is 15.6. The summed E-state index contributed by atoms with van der Waals surface area (Å²) >= 11 is 0. The number of nitrogens with one attached hydrogen (secondary N) is 2. The number of aliphatic carboxylic acids is 1. The highest BCUT2D eigenvalue weighted by Crippen LogP contribution is 2.38. The molecule has 0 bridgehead atoms. The van der Waals surface area contributed by atoms with Crippen molar-refractivity contribution >= 4 is 17.8 Å². The first kappa shape index (κ1) is 22.1. The summed E-state index contributed by atoms with van der Waals surface area (Å²) in [6.07, 6.45) is 0.294. The van der Waals surface area contributed by atoms with E-state index in [4.69, 9.17) is 19.3 Å². The Hall–Kier alpha value is -2.97. The summed E-state index contributed by atoms with van der Waals surface area (Å²) in [4.78, 5) is 35.5. The van der Waals surface area contributed by atoms with Crippen LogP contribution in [0.25, 0.3) is 0 Å². The molecule has 0 aromatic heterocycles. The minimum Gasteiger partial charge on any atom is -0.493 e. The monoisotopic (exact) mass is 382 g/mol. The van der Waals surface area contributed by atoms with Crippen molar-refractivity contribution in [1.82, 2.24) is 10.6 Å². The van der Waals surface area contributed by atoms with Crippen LogP contribution in [-0.2, 0) is 9.59 Å². The van der Waals surface area contributed by atoms with Gasteiger partial charge in [-0.15, -0.1) is 0 Å². The van der Waals surface area contributed by atoms with Gasteiger partial charge in [-0.1, -0.05) is 13.8 Å². The van der Waals surface area contributed by atoms with E-state index in [1.165, 1.54) is 33.5 Å². The summed E-state index contributed by atoms with van der Waals surface area (Å²) in [6.45, 7) is 3.35. The lowest BCUT2D eigenvalue weighted by atomic mass is 10.0. The van der Waals surface area contributed by atoms with Gasteiger partial charge in [-0.25, -0.2) is 4.79 Å². The molecule has 2 amide bonds. The van der Waals surface area contributed by atoms with Crippen molar-refractivity contribution in [2.24, 2.45) is 5.92 Å². The third-order valence-corrected chi connectivity index (χ3v) is 3.68. The van der Waals surface area contributed by atoms with Crippen molar-refractivity contribution in [3.8, 4) is 17.2 Å².